The number of nitrogens with zero attached hydrogens (tertiary/aromatic N) is 2. The summed E-state index contributed by atoms with van der Waals surface area (Å²) < 4.78 is 0.974. The van der Waals surface area contributed by atoms with Crippen LogP contribution in [0.15, 0.2) is 42.5 Å². The van der Waals surface area contributed by atoms with Crippen molar-refractivity contribution >= 4 is 45.6 Å². The van der Waals surface area contributed by atoms with Gasteiger partial charge in [0, 0.05) is 21.4 Å². The third kappa shape index (κ3) is 3.75. The zero-order valence-corrected chi connectivity index (χ0v) is 13.0. The van der Waals surface area contributed by atoms with Gasteiger partial charge >= 0.3 is 0 Å². The highest BCUT2D eigenvalue weighted by molar-refractivity contribution is 14.1. The summed E-state index contributed by atoms with van der Waals surface area (Å²) >= 11 is 2.10. The van der Waals surface area contributed by atoms with E-state index in [1.807, 2.05) is 0 Å². The minimum Gasteiger partial charge on any atom is -0.322 e. The molecule has 2 rings (SSSR count). The maximum absolute atomic E-state index is 12.1. The molecule has 0 fully saturated rings. The highest BCUT2D eigenvalue weighted by Gasteiger charge is 2.19. The molecule has 0 saturated heterocycles. The molecule has 0 heterocycles. The maximum Gasteiger partial charge on any atom is 0.277 e. The number of nitro groups is 2. The van der Waals surface area contributed by atoms with Crippen LogP contribution in [0.4, 0.5) is 17.1 Å². The SMILES string of the molecule is O=C(Nc1ccc(I)cc1)c1cc([N+](=O)[O-])cc([N+](=O)[O-])c1. The average Bonchev–Trinajstić information content (AvgIpc) is 2.49. The molecule has 2 aromatic rings. The number of benzene rings is 2. The number of hydrogen-bond donors (Lipinski definition) is 1. The summed E-state index contributed by atoms with van der Waals surface area (Å²) in [7, 11) is 0. The first kappa shape index (κ1) is 15.8. The van der Waals surface area contributed by atoms with Gasteiger partial charge in [-0.25, -0.2) is 0 Å². The zero-order chi connectivity index (χ0) is 16.3. The van der Waals surface area contributed by atoms with E-state index in [-0.39, 0.29) is 5.56 Å². The van der Waals surface area contributed by atoms with Gasteiger partial charge in [0.2, 0.25) is 0 Å². The molecule has 0 atom stereocenters. The van der Waals surface area contributed by atoms with Crippen LogP contribution in [-0.2, 0) is 0 Å². The van der Waals surface area contributed by atoms with Crippen molar-refractivity contribution in [3.63, 3.8) is 0 Å². The van der Waals surface area contributed by atoms with Crippen LogP contribution in [0.3, 0.4) is 0 Å². The van der Waals surface area contributed by atoms with Crippen molar-refractivity contribution < 1.29 is 14.6 Å². The van der Waals surface area contributed by atoms with Gasteiger partial charge in [0.25, 0.3) is 17.3 Å². The van der Waals surface area contributed by atoms with Crippen LogP contribution in [0.25, 0.3) is 0 Å². The van der Waals surface area contributed by atoms with E-state index in [2.05, 4.69) is 27.9 Å². The van der Waals surface area contributed by atoms with Gasteiger partial charge in [0.15, 0.2) is 0 Å². The van der Waals surface area contributed by atoms with Crippen molar-refractivity contribution in [3.8, 4) is 0 Å². The van der Waals surface area contributed by atoms with Gasteiger partial charge in [0.1, 0.15) is 0 Å². The van der Waals surface area contributed by atoms with E-state index in [9.17, 15) is 25.0 Å². The Kier molecular flexibility index (Phi) is 4.65. The summed E-state index contributed by atoms with van der Waals surface area (Å²) in [5.41, 5.74) is -0.692. The number of hydrogen-bond acceptors (Lipinski definition) is 5. The Balaban J connectivity index is 2.34. The fourth-order valence-corrected chi connectivity index (χ4v) is 2.03. The number of non-ortho nitro benzene ring substituents is 2. The summed E-state index contributed by atoms with van der Waals surface area (Å²) in [5, 5.41) is 24.1. The van der Waals surface area contributed by atoms with Crippen LogP contribution >= 0.6 is 22.6 Å². The number of nitro benzene ring substituents is 2. The van der Waals surface area contributed by atoms with E-state index >= 15 is 0 Å². The van der Waals surface area contributed by atoms with Gasteiger partial charge < -0.3 is 5.32 Å². The summed E-state index contributed by atoms with van der Waals surface area (Å²) in [5.74, 6) is -0.659. The first-order chi connectivity index (χ1) is 10.4. The van der Waals surface area contributed by atoms with E-state index in [0.717, 1.165) is 21.8 Å². The summed E-state index contributed by atoms with van der Waals surface area (Å²) in [6.07, 6.45) is 0. The minimum absolute atomic E-state index is 0.153. The molecule has 112 valence electrons. The molecule has 0 aliphatic rings. The number of amides is 1. The highest BCUT2D eigenvalue weighted by atomic mass is 127. The molecule has 0 bridgehead atoms. The van der Waals surface area contributed by atoms with E-state index in [1.54, 1.807) is 24.3 Å². The maximum atomic E-state index is 12.1. The van der Waals surface area contributed by atoms with Crippen molar-refractivity contribution in [2.24, 2.45) is 0 Å². The quantitative estimate of drug-likeness (QED) is 0.469. The largest absolute Gasteiger partial charge is 0.322 e. The first-order valence-corrected chi connectivity index (χ1v) is 6.95. The monoisotopic (exact) mass is 413 g/mol. The number of halogens is 1. The second-order valence-electron chi connectivity index (χ2n) is 4.21. The van der Waals surface area contributed by atoms with Gasteiger partial charge in [-0.15, -0.1) is 0 Å². The zero-order valence-electron chi connectivity index (χ0n) is 10.9. The van der Waals surface area contributed by atoms with Crippen LogP contribution in [-0.4, -0.2) is 15.8 Å². The molecule has 0 unspecified atom stereocenters. The van der Waals surface area contributed by atoms with Crippen LogP contribution < -0.4 is 5.32 Å². The molecule has 0 radical (unpaired) electrons. The lowest BCUT2D eigenvalue weighted by atomic mass is 10.1. The molecule has 0 spiro atoms. The molecule has 9 heteroatoms. The van der Waals surface area contributed by atoms with E-state index in [1.165, 1.54) is 0 Å². The minimum atomic E-state index is -0.783. The number of carbonyl (C=O) groups is 1. The molecular weight excluding hydrogens is 405 g/mol. The Hall–Kier alpha value is -2.56. The van der Waals surface area contributed by atoms with Crippen LogP contribution in [0.1, 0.15) is 10.4 Å². The topological polar surface area (TPSA) is 115 Å². The second kappa shape index (κ2) is 6.47. The predicted octanol–water partition coefficient (Wildman–Crippen LogP) is 3.36. The predicted molar refractivity (Wildman–Crippen MR) is 86.9 cm³/mol. The van der Waals surface area contributed by atoms with Gasteiger partial charge in [-0.3, -0.25) is 25.0 Å². The third-order valence-corrected chi connectivity index (χ3v) is 3.41. The third-order valence-electron chi connectivity index (χ3n) is 2.69. The molecule has 22 heavy (non-hydrogen) atoms. The summed E-state index contributed by atoms with van der Waals surface area (Å²) in [4.78, 5) is 32.1. The van der Waals surface area contributed by atoms with Crippen molar-refractivity contribution in [1.82, 2.24) is 0 Å². The Morgan fingerprint density at radius 1 is 0.955 bits per heavy atom. The lowest BCUT2D eigenvalue weighted by Gasteiger charge is -2.05. The first-order valence-electron chi connectivity index (χ1n) is 5.87. The molecule has 0 aliphatic carbocycles. The molecule has 0 aliphatic heterocycles. The van der Waals surface area contributed by atoms with E-state index < -0.39 is 27.1 Å². The highest BCUT2D eigenvalue weighted by Crippen LogP contribution is 2.23. The molecule has 0 aromatic heterocycles. The lowest BCUT2D eigenvalue weighted by molar-refractivity contribution is -0.394. The summed E-state index contributed by atoms with van der Waals surface area (Å²) in [6.45, 7) is 0. The van der Waals surface area contributed by atoms with Crippen molar-refractivity contribution in [2.75, 3.05) is 5.32 Å². The number of carbonyl (C=O) groups excluding carboxylic acids is 1. The Labute approximate surface area is 137 Å². The molecular formula is C13H8IN3O5. The second-order valence-corrected chi connectivity index (χ2v) is 5.46. The Morgan fingerprint density at radius 2 is 1.45 bits per heavy atom. The molecule has 8 nitrogen and oxygen atoms in total. The molecule has 0 saturated carbocycles. The number of rotatable bonds is 4. The molecule has 1 amide bonds. The standard InChI is InChI=1S/C13H8IN3O5/c14-9-1-3-10(4-2-9)15-13(18)8-5-11(16(19)20)7-12(6-8)17(21)22/h1-7H,(H,15,18). The Morgan fingerprint density at radius 3 is 1.91 bits per heavy atom. The van der Waals surface area contributed by atoms with Crippen molar-refractivity contribution in [2.45, 2.75) is 0 Å². The smallest absolute Gasteiger partial charge is 0.277 e. The van der Waals surface area contributed by atoms with Crippen molar-refractivity contribution in [1.29, 1.82) is 0 Å². The molecule has 2 aromatic carbocycles. The van der Waals surface area contributed by atoms with Crippen molar-refractivity contribution in [3.05, 3.63) is 71.8 Å². The van der Waals surface area contributed by atoms with E-state index in [4.69, 9.17) is 0 Å². The Bertz CT molecular complexity index is 729. The normalized spacial score (nSPS) is 10.0. The van der Waals surface area contributed by atoms with Crippen LogP contribution in [0.5, 0.6) is 0 Å². The van der Waals surface area contributed by atoms with Gasteiger partial charge in [-0.05, 0) is 46.9 Å². The molecule has 1 N–H and O–H groups in total. The van der Waals surface area contributed by atoms with Crippen LogP contribution in [0.2, 0.25) is 0 Å². The van der Waals surface area contributed by atoms with Gasteiger partial charge in [-0.2, -0.15) is 0 Å². The fourth-order valence-electron chi connectivity index (χ4n) is 1.67. The van der Waals surface area contributed by atoms with E-state index in [0.29, 0.717) is 5.69 Å². The number of nitrogens with one attached hydrogen (secondary N) is 1. The lowest BCUT2D eigenvalue weighted by Crippen LogP contribution is -2.12. The van der Waals surface area contributed by atoms with Gasteiger partial charge in [-0.1, -0.05) is 0 Å². The summed E-state index contributed by atoms with van der Waals surface area (Å²) in [6, 6.07) is 9.65. The number of anilines is 1. The average molecular weight is 413 g/mol. The van der Waals surface area contributed by atoms with Gasteiger partial charge in [0.05, 0.1) is 21.5 Å². The fraction of sp³-hybridized carbons (Fsp3) is 0. The van der Waals surface area contributed by atoms with Crippen LogP contribution in [0, 0.1) is 23.8 Å².